The number of aromatic nitrogens is 2. The fourth-order valence-corrected chi connectivity index (χ4v) is 3.13. The molecule has 0 aliphatic carbocycles. The van der Waals surface area contributed by atoms with Crippen LogP contribution in [0.5, 0.6) is 5.75 Å². The Bertz CT molecular complexity index is 968. The molecular formula is C25H26N2O. The summed E-state index contributed by atoms with van der Waals surface area (Å²) in [7, 11) is 0. The van der Waals surface area contributed by atoms with Gasteiger partial charge in [-0.1, -0.05) is 67.8 Å². The van der Waals surface area contributed by atoms with E-state index in [1.165, 1.54) is 11.1 Å². The molecule has 0 spiro atoms. The van der Waals surface area contributed by atoms with Crippen molar-refractivity contribution in [1.29, 1.82) is 0 Å². The van der Waals surface area contributed by atoms with Crippen molar-refractivity contribution in [2.24, 2.45) is 0 Å². The Morgan fingerprint density at radius 3 is 2.50 bits per heavy atom. The Hall–Kier alpha value is -3.33. The van der Waals surface area contributed by atoms with E-state index >= 15 is 0 Å². The monoisotopic (exact) mass is 370 g/mol. The van der Waals surface area contributed by atoms with Crippen LogP contribution >= 0.6 is 0 Å². The number of imidazole rings is 1. The Kier molecular flexibility index (Phi) is 6.64. The molecular weight excluding hydrogens is 344 g/mol. The van der Waals surface area contributed by atoms with Gasteiger partial charge in [-0.3, -0.25) is 0 Å². The highest BCUT2D eigenvalue weighted by atomic mass is 16.5. The smallest absolute Gasteiger partial charge is 0.126 e. The third-order valence-corrected chi connectivity index (χ3v) is 4.59. The van der Waals surface area contributed by atoms with Gasteiger partial charge in [0.15, 0.2) is 0 Å². The summed E-state index contributed by atoms with van der Waals surface area (Å²) in [6, 6.07) is 12.7. The Morgan fingerprint density at radius 1 is 1.00 bits per heavy atom. The third-order valence-electron chi connectivity index (χ3n) is 4.59. The predicted octanol–water partition coefficient (Wildman–Crippen LogP) is 5.87. The summed E-state index contributed by atoms with van der Waals surface area (Å²) < 4.78 is 8.21. The maximum absolute atomic E-state index is 6.16. The van der Waals surface area contributed by atoms with Crippen LogP contribution in [0.4, 0.5) is 0 Å². The maximum atomic E-state index is 6.16. The molecule has 142 valence electrons. The van der Waals surface area contributed by atoms with Gasteiger partial charge in [0, 0.05) is 30.9 Å². The summed E-state index contributed by atoms with van der Waals surface area (Å²) in [6.07, 6.45) is 14.2. The molecule has 0 unspecified atom stereocenters. The molecule has 3 heteroatoms. The topological polar surface area (TPSA) is 27.1 Å². The number of ether oxygens (including phenoxy) is 1. The molecule has 0 aliphatic heterocycles. The fraction of sp³-hybridized carbons (Fsp3) is 0.160. The molecule has 3 nitrogen and oxygen atoms in total. The second-order valence-electron chi connectivity index (χ2n) is 6.58. The van der Waals surface area contributed by atoms with Gasteiger partial charge in [0.25, 0.3) is 0 Å². The highest BCUT2D eigenvalue weighted by Gasteiger charge is 2.05. The van der Waals surface area contributed by atoms with E-state index < -0.39 is 0 Å². The standard InChI is InChI=1S/C25H26N2O/c1-4-7-24-11-9-21(18-27-14-13-26-19-27)17-25(24)28-15-12-20-8-10-22(5-2)23(6-3)16-20/h4-11,13-14,16-17,19H,2-3,12,15,18H2,1H3/b7-4+. The second-order valence-corrected chi connectivity index (χ2v) is 6.58. The van der Waals surface area contributed by atoms with Crippen molar-refractivity contribution in [2.75, 3.05) is 6.61 Å². The van der Waals surface area contributed by atoms with E-state index in [1.807, 2.05) is 42.2 Å². The first-order valence-electron chi connectivity index (χ1n) is 9.45. The Labute approximate surface area is 167 Å². The van der Waals surface area contributed by atoms with E-state index in [1.54, 1.807) is 6.20 Å². The lowest BCUT2D eigenvalue weighted by molar-refractivity contribution is 0.321. The molecule has 0 saturated carbocycles. The minimum atomic E-state index is 0.614. The van der Waals surface area contributed by atoms with Crippen LogP contribution in [0.1, 0.15) is 34.7 Å². The first-order chi connectivity index (χ1) is 13.7. The highest BCUT2D eigenvalue weighted by Crippen LogP contribution is 2.23. The van der Waals surface area contributed by atoms with Crippen LogP contribution in [0.25, 0.3) is 18.2 Å². The molecule has 0 N–H and O–H groups in total. The summed E-state index contributed by atoms with van der Waals surface area (Å²) in [5.74, 6) is 0.905. The van der Waals surface area contributed by atoms with Crippen LogP contribution in [0, 0.1) is 0 Å². The molecule has 28 heavy (non-hydrogen) atoms. The van der Waals surface area contributed by atoms with Crippen molar-refractivity contribution in [3.63, 3.8) is 0 Å². The molecule has 0 aliphatic rings. The average molecular weight is 370 g/mol. The predicted molar refractivity (Wildman–Crippen MR) is 118 cm³/mol. The largest absolute Gasteiger partial charge is 0.493 e. The lowest BCUT2D eigenvalue weighted by Gasteiger charge is -2.13. The molecule has 0 radical (unpaired) electrons. The Morgan fingerprint density at radius 2 is 1.79 bits per heavy atom. The van der Waals surface area contributed by atoms with Crippen molar-refractivity contribution in [3.8, 4) is 5.75 Å². The van der Waals surface area contributed by atoms with Gasteiger partial charge in [-0.25, -0.2) is 4.98 Å². The molecule has 0 saturated heterocycles. The van der Waals surface area contributed by atoms with Crippen molar-refractivity contribution in [1.82, 2.24) is 9.55 Å². The zero-order valence-corrected chi connectivity index (χ0v) is 16.3. The van der Waals surface area contributed by atoms with Crippen LogP contribution in [-0.2, 0) is 13.0 Å². The van der Waals surface area contributed by atoms with Crippen LogP contribution in [0.3, 0.4) is 0 Å². The van der Waals surface area contributed by atoms with E-state index in [0.717, 1.165) is 35.4 Å². The van der Waals surface area contributed by atoms with Crippen molar-refractivity contribution >= 4 is 18.2 Å². The summed E-state index contributed by atoms with van der Waals surface area (Å²) in [4.78, 5) is 4.10. The molecule has 0 fully saturated rings. The van der Waals surface area contributed by atoms with Crippen molar-refractivity contribution in [3.05, 3.63) is 102 Å². The summed E-state index contributed by atoms with van der Waals surface area (Å²) in [5.41, 5.74) is 5.70. The molecule has 3 aromatic rings. The second kappa shape index (κ2) is 9.56. The fourth-order valence-electron chi connectivity index (χ4n) is 3.13. The SMILES string of the molecule is C=Cc1ccc(CCOc2cc(Cn3ccnc3)ccc2/C=C/C)cc1C=C. The molecule has 3 rings (SSSR count). The number of hydrogen-bond donors (Lipinski definition) is 0. The van der Waals surface area contributed by atoms with E-state index in [-0.39, 0.29) is 0 Å². The number of hydrogen-bond acceptors (Lipinski definition) is 2. The van der Waals surface area contributed by atoms with Crippen LogP contribution in [0.2, 0.25) is 0 Å². The zero-order valence-electron chi connectivity index (χ0n) is 16.3. The van der Waals surface area contributed by atoms with Gasteiger partial charge in [0.05, 0.1) is 12.9 Å². The minimum absolute atomic E-state index is 0.614. The van der Waals surface area contributed by atoms with Crippen LogP contribution in [-0.4, -0.2) is 16.2 Å². The average Bonchev–Trinajstić information content (AvgIpc) is 3.23. The van der Waals surface area contributed by atoms with Gasteiger partial charge in [0.1, 0.15) is 5.75 Å². The van der Waals surface area contributed by atoms with Crippen LogP contribution in [0.15, 0.2) is 74.4 Å². The van der Waals surface area contributed by atoms with Gasteiger partial charge in [-0.2, -0.15) is 0 Å². The summed E-state index contributed by atoms with van der Waals surface area (Å²) in [5, 5.41) is 0. The van der Waals surface area contributed by atoms with Crippen LogP contribution < -0.4 is 4.74 Å². The van der Waals surface area contributed by atoms with E-state index in [2.05, 4.69) is 60.6 Å². The maximum Gasteiger partial charge on any atom is 0.126 e. The normalized spacial score (nSPS) is 10.9. The molecule has 0 atom stereocenters. The van der Waals surface area contributed by atoms with Gasteiger partial charge >= 0.3 is 0 Å². The molecule has 1 heterocycles. The van der Waals surface area contributed by atoms with Gasteiger partial charge < -0.3 is 9.30 Å². The van der Waals surface area contributed by atoms with E-state index in [4.69, 9.17) is 4.74 Å². The number of benzene rings is 2. The first kappa shape index (κ1) is 19.4. The molecule has 0 amide bonds. The lowest BCUT2D eigenvalue weighted by Crippen LogP contribution is -2.04. The van der Waals surface area contributed by atoms with Gasteiger partial charge in [0.2, 0.25) is 0 Å². The number of rotatable bonds is 9. The molecule has 0 bridgehead atoms. The summed E-state index contributed by atoms with van der Waals surface area (Å²) in [6.45, 7) is 11.1. The van der Waals surface area contributed by atoms with Gasteiger partial charge in [-0.15, -0.1) is 0 Å². The summed E-state index contributed by atoms with van der Waals surface area (Å²) >= 11 is 0. The van der Waals surface area contributed by atoms with Gasteiger partial charge in [-0.05, 0) is 35.2 Å². The first-order valence-corrected chi connectivity index (χ1v) is 9.45. The van der Waals surface area contributed by atoms with E-state index in [9.17, 15) is 0 Å². The number of allylic oxidation sites excluding steroid dienone is 1. The van der Waals surface area contributed by atoms with Crippen molar-refractivity contribution < 1.29 is 4.74 Å². The third kappa shape index (κ3) is 4.89. The van der Waals surface area contributed by atoms with E-state index in [0.29, 0.717) is 6.61 Å². The molecule has 2 aromatic carbocycles. The lowest BCUT2D eigenvalue weighted by atomic mass is 10.0. The highest BCUT2D eigenvalue weighted by molar-refractivity contribution is 5.64. The zero-order chi connectivity index (χ0) is 19.8. The minimum Gasteiger partial charge on any atom is -0.493 e. The number of nitrogens with zero attached hydrogens (tertiary/aromatic N) is 2. The molecule has 1 aromatic heterocycles. The van der Waals surface area contributed by atoms with Crippen molar-refractivity contribution in [2.45, 2.75) is 19.9 Å². The quantitative estimate of drug-likeness (QED) is 0.471. The Balaban J connectivity index is 1.71.